The number of aromatic nitrogens is 1. The van der Waals surface area contributed by atoms with E-state index in [1.807, 2.05) is 42.5 Å². The van der Waals surface area contributed by atoms with E-state index in [0.29, 0.717) is 42.3 Å². The number of thioether (sulfide) groups is 1. The summed E-state index contributed by atoms with van der Waals surface area (Å²) in [5.41, 5.74) is 2.44. The van der Waals surface area contributed by atoms with Crippen LogP contribution < -0.4 is 19.7 Å². The minimum atomic E-state index is -0.365. The summed E-state index contributed by atoms with van der Waals surface area (Å²) in [6.07, 6.45) is 4.07. The molecule has 1 fully saturated rings. The van der Waals surface area contributed by atoms with Crippen LogP contribution >= 0.6 is 58.5 Å². The molecule has 0 bridgehead atoms. The van der Waals surface area contributed by atoms with Crippen LogP contribution in [-0.2, 0) is 16.0 Å². The highest BCUT2D eigenvalue weighted by Crippen LogP contribution is 2.37. The third-order valence-electron chi connectivity index (χ3n) is 5.81. The lowest BCUT2D eigenvalue weighted by molar-refractivity contribution is -0.118. The maximum atomic E-state index is 13.0. The molecule has 2 amide bonds. The highest BCUT2D eigenvalue weighted by atomic mass is 35.5. The van der Waals surface area contributed by atoms with Crippen LogP contribution in [0.2, 0.25) is 10.0 Å². The van der Waals surface area contributed by atoms with Crippen molar-refractivity contribution in [1.29, 1.82) is 0 Å². The van der Waals surface area contributed by atoms with E-state index >= 15 is 0 Å². The Balaban J connectivity index is 1.19. The molecule has 1 aliphatic heterocycles. The Morgan fingerprint density at radius 2 is 1.88 bits per heavy atom. The molecule has 41 heavy (non-hydrogen) atoms. The number of anilines is 2. The molecule has 2 heterocycles. The van der Waals surface area contributed by atoms with Gasteiger partial charge in [0.15, 0.2) is 27.6 Å². The molecule has 12 heteroatoms. The summed E-state index contributed by atoms with van der Waals surface area (Å²) in [6, 6.07) is 19.9. The number of hydrogen-bond acceptors (Lipinski definition) is 8. The second kappa shape index (κ2) is 13.1. The van der Waals surface area contributed by atoms with Crippen molar-refractivity contribution in [2.75, 3.05) is 23.9 Å². The molecule has 0 atom stereocenters. The topological polar surface area (TPSA) is 80.8 Å². The number of para-hydroxylation sites is 1. The Hall–Kier alpha value is -3.41. The third-order valence-corrected chi connectivity index (χ3v) is 8.77. The van der Waals surface area contributed by atoms with Crippen LogP contribution in [-0.4, -0.2) is 34.8 Å². The van der Waals surface area contributed by atoms with E-state index in [4.69, 9.17) is 44.9 Å². The van der Waals surface area contributed by atoms with E-state index in [0.717, 1.165) is 21.7 Å². The van der Waals surface area contributed by atoms with Gasteiger partial charge in [0, 0.05) is 17.5 Å². The number of nitrogens with one attached hydrogen (secondary N) is 1. The predicted molar refractivity (Wildman–Crippen MR) is 171 cm³/mol. The Labute approximate surface area is 260 Å². The molecule has 1 aromatic heterocycles. The molecule has 7 nitrogen and oxygen atoms in total. The van der Waals surface area contributed by atoms with Gasteiger partial charge in [-0.3, -0.25) is 19.8 Å². The first-order valence-corrected chi connectivity index (χ1v) is 14.9. The molecule has 0 unspecified atom stereocenters. The smallest absolute Gasteiger partial charge is 0.270 e. The number of methoxy groups -OCH3 is 1. The van der Waals surface area contributed by atoms with Crippen LogP contribution in [0.25, 0.3) is 6.08 Å². The van der Waals surface area contributed by atoms with Crippen molar-refractivity contribution in [2.45, 2.75) is 6.42 Å². The van der Waals surface area contributed by atoms with Gasteiger partial charge in [-0.15, -0.1) is 11.3 Å². The van der Waals surface area contributed by atoms with Crippen LogP contribution in [0.15, 0.2) is 77.8 Å². The number of nitrogens with zero attached hydrogens (tertiary/aromatic N) is 2. The summed E-state index contributed by atoms with van der Waals surface area (Å²) in [5.74, 6) is 0.250. The minimum Gasteiger partial charge on any atom is -0.493 e. The van der Waals surface area contributed by atoms with E-state index < -0.39 is 0 Å². The number of carbonyl (C=O) groups excluding carboxylic acids is 2. The van der Waals surface area contributed by atoms with Crippen LogP contribution in [0.1, 0.15) is 16.0 Å². The average molecular weight is 643 g/mol. The van der Waals surface area contributed by atoms with E-state index in [-0.39, 0.29) is 18.4 Å². The fourth-order valence-corrected chi connectivity index (χ4v) is 6.39. The molecule has 5 rings (SSSR count). The highest BCUT2D eigenvalue weighted by molar-refractivity contribution is 8.27. The summed E-state index contributed by atoms with van der Waals surface area (Å²) in [7, 11) is 1.51. The highest BCUT2D eigenvalue weighted by Gasteiger charge is 2.33. The monoisotopic (exact) mass is 641 g/mol. The van der Waals surface area contributed by atoms with Gasteiger partial charge in [-0.1, -0.05) is 77.5 Å². The summed E-state index contributed by atoms with van der Waals surface area (Å²) < 4.78 is 11.7. The van der Waals surface area contributed by atoms with Crippen LogP contribution in [0, 0.1) is 0 Å². The second-order valence-corrected chi connectivity index (χ2v) is 12.3. The Morgan fingerprint density at radius 3 is 2.63 bits per heavy atom. The van der Waals surface area contributed by atoms with Crippen molar-refractivity contribution >= 4 is 91.5 Å². The van der Waals surface area contributed by atoms with Crippen molar-refractivity contribution in [1.82, 2.24) is 4.98 Å². The number of amides is 2. The van der Waals surface area contributed by atoms with Gasteiger partial charge in [-0.2, -0.15) is 0 Å². The van der Waals surface area contributed by atoms with E-state index in [9.17, 15) is 9.59 Å². The maximum absolute atomic E-state index is 13.0. The van der Waals surface area contributed by atoms with Gasteiger partial charge in [0.1, 0.15) is 0 Å². The Bertz CT molecular complexity index is 1660. The number of thiazole rings is 1. The fraction of sp³-hybridized carbons (Fsp3) is 0.103. The van der Waals surface area contributed by atoms with Crippen LogP contribution in [0.5, 0.6) is 11.5 Å². The molecule has 0 spiro atoms. The normalized spacial score (nSPS) is 14.0. The summed E-state index contributed by atoms with van der Waals surface area (Å²) in [4.78, 5) is 32.8. The number of ether oxygens (including phenoxy) is 2. The predicted octanol–water partition coefficient (Wildman–Crippen LogP) is 7.47. The zero-order valence-electron chi connectivity index (χ0n) is 21.4. The van der Waals surface area contributed by atoms with E-state index in [2.05, 4.69) is 10.3 Å². The van der Waals surface area contributed by atoms with E-state index in [1.54, 1.807) is 36.5 Å². The number of thiocarbonyl (C=S) groups is 1. The molecule has 1 saturated heterocycles. The first-order valence-electron chi connectivity index (χ1n) is 12.1. The van der Waals surface area contributed by atoms with E-state index in [1.165, 1.54) is 35.1 Å². The summed E-state index contributed by atoms with van der Waals surface area (Å²) >= 11 is 20.1. The molecular formula is C29H21Cl2N3O4S3. The number of benzene rings is 3. The maximum Gasteiger partial charge on any atom is 0.270 e. The van der Waals surface area contributed by atoms with Crippen molar-refractivity contribution < 1.29 is 19.1 Å². The molecule has 3 aromatic carbocycles. The van der Waals surface area contributed by atoms with Gasteiger partial charge in [-0.25, -0.2) is 4.98 Å². The summed E-state index contributed by atoms with van der Waals surface area (Å²) in [6.45, 7) is -0.243. The van der Waals surface area contributed by atoms with Gasteiger partial charge in [0.05, 0.1) is 27.7 Å². The molecule has 4 aromatic rings. The standard InChI is InChI=1S/C29H21Cl2N3O4S3/c1-37-24-13-18(14-25-27(36)34(29(39)41-25)19-5-3-2-4-6-19)8-10-23(24)38-16-26(35)33-28-32-15-20(40-28)11-17-7-9-21(30)22(31)12-17/h2-10,12-15H,11,16H2,1H3,(H,32,33,35)/b25-14-. The Morgan fingerprint density at radius 1 is 1.07 bits per heavy atom. The lowest BCUT2D eigenvalue weighted by atomic mass is 10.1. The van der Waals surface area contributed by atoms with Gasteiger partial charge in [0.2, 0.25) is 0 Å². The molecule has 1 aliphatic rings. The lowest BCUT2D eigenvalue weighted by Crippen LogP contribution is -2.27. The molecule has 208 valence electrons. The fourth-order valence-electron chi connectivity index (χ4n) is 3.91. The van der Waals surface area contributed by atoms with Crippen LogP contribution in [0.3, 0.4) is 0 Å². The quantitative estimate of drug-likeness (QED) is 0.150. The number of halogens is 2. The SMILES string of the molecule is COc1cc(/C=C2\SC(=S)N(c3ccccc3)C2=O)ccc1OCC(=O)Nc1ncc(Cc2ccc(Cl)c(Cl)c2)s1. The van der Waals surface area contributed by atoms with Crippen molar-refractivity contribution in [3.05, 3.63) is 104 Å². The molecule has 1 N–H and O–H groups in total. The second-order valence-electron chi connectivity index (χ2n) is 8.66. The van der Waals surface area contributed by atoms with Gasteiger partial charge in [-0.05, 0) is 53.6 Å². The van der Waals surface area contributed by atoms with Gasteiger partial charge in [0.25, 0.3) is 11.8 Å². The lowest BCUT2D eigenvalue weighted by Gasteiger charge is -2.13. The average Bonchev–Trinajstić information content (AvgIpc) is 3.52. The first-order chi connectivity index (χ1) is 19.8. The third kappa shape index (κ3) is 7.09. The Kier molecular flexibility index (Phi) is 9.26. The zero-order chi connectivity index (χ0) is 28.9. The van der Waals surface area contributed by atoms with Crippen molar-refractivity contribution in [3.8, 4) is 11.5 Å². The van der Waals surface area contributed by atoms with Crippen molar-refractivity contribution in [2.24, 2.45) is 0 Å². The minimum absolute atomic E-state index is 0.190. The largest absolute Gasteiger partial charge is 0.493 e. The number of rotatable bonds is 9. The number of carbonyl (C=O) groups is 2. The molecule has 0 radical (unpaired) electrons. The first kappa shape index (κ1) is 29.1. The molecule has 0 aliphatic carbocycles. The van der Waals surface area contributed by atoms with Crippen LogP contribution in [0.4, 0.5) is 10.8 Å². The summed E-state index contributed by atoms with van der Waals surface area (Å²) in [5, 5.41) is 4.20. The zero-order valence-corrected chi connectivity index (χ0v) is 25.4. The molecular weight excluding hydrogens is 621 g/mol. The van der Waals surface area contributed by atoms with Gasteiger partial charge >= 0.3 is 0 Å². The van der Waals surface area contributed by atoms with Gasteiger partial charge < -0.3 is 9.47 Å². The van der Waals surface area contributed by atoms with Crippen molar-refractivity contribution in [3.63, 3.8) is 0 Å². The molecule has 0 saturated carbocycles. The number of hydrogen-bond donors (Lipinski definition) is 1.